The van der Waals surface area contributed by atoms with E-state index in [0.29, 0.717) is 0 Å². The molecule has 0 aromatic carbocycles. The van der Waals surface area contributed by atoms with Gasteiger partial charge >= 0.3 is 6.18 Å². The highest BCUT2D eigenvalue weighted by molar-refractivity contribution is 5.91. The summed E-state index contributed by atoms with van der Waals surface area (Å²) in [6, 6.07) is 0. The zero-order valence-electron chi connectivity index (χ0n) is 5.90. The Morgan fingerprint density at radius 3 is 2.27 bits per heavy atom. The number of primary amides is 1. The van der Waals surface area contributed by atoms with Crippen LogP contribution >= 0.6 is 0 Å². The Bertz CT molecular complexity index is 183. The van der Waals surface area contributed by atoms with Crippen molar-refractivity contribution in [3.8, 4) is 0 Å². The summed E-state index contributed by atoms with van der Waals surface area (Å²) in [6.07, 6.45) is -4.61. The summed E-state index contributed by atoms with van der Waals surface area (Å²) in [5.41, 5.74) is 4.62. The molecule has 0 aliphatic rings. The molecule has 5 heteroatoms. The van der Waals surface area contributed by atoms with Crippen molar-refractivity contribution in [3.63, 3.8) is 0 Å². The second kappa shape index (κ2) is 3.41. The molecule has 0 atom stereocenters. The van der Waals surface area contributed by atoms with E-state index in [1.807, 2.05) is 0 Å². The number of hydrogen-bond acceptors (Lipinski definition) is 1. The Balaban J connectivity index is 4.04. The SMILES string of the molecule is C/C(=C\CC(F)(F)F)C(N)=O. The lowest BCUT2D eigenvalue weighted by atomic mass is 10.2. The van der Waals surface area contributed by atoms with Gasteiger partial charge in [0.1, 0.15) is 0 Å². The van der Waals surface area contributed by atoms with Gasteiger partial charge in [0.2, 0.25) is 5.91 Å². The third-order valence-corrected chi connectivity index (χ3v) is 1.03. The summed E-state index contributed by atoms with van der Waals surface area (Å²) < 4.78 is 34.4. The molecule has 0 heterocycles. The second-order valence-corrected chi connectivity index (χ2v) is 2.07. The molecule has 0 aliphatic heterocycles. The van der Waals surface area contributed by atoms with Crippen molar-refractivity contribution in [2.45, 2.75) is 19.5 Å². The van der Waals surface area contributed by atoms with E-state index in [4.69, 9.17) is 5.73 Å². The lowest BCUT2D eigenvalue weighted by molar-refractivity contribution is -0.125. The summed E-state index contributed by atoms with van der Waals surface area (Å²) in [4.78, 5) is 10.2. The van der Waals surface area contributed by atoms with Crippen LogP contribution in [0.25, 0.3) is 0 Å². The van der Waals surface area contributed by atoms with Crippen molar-refractivity contribution in [3.05, 3.63) is 11.6 Å². The molecular weight excluding hydrogens is 159 g/mol. The molecule has 2 nitrogen and oxygen atoms in total. The highest BCUT2D eigenvalue weighted by Gasteiger charge is 2.25. The minimum Gasteiger partial charge on any atom is -0.366 e. The van der Waals surface area contributed by atoms with Crippen LogP contribution in [0.5, 0.6) is 0 Å². The van der Waals surface area contributed by atoms with Gasteiger partial charge in [0.25, 0.3) is 0 Å². The smallest absolute Gasteiger partial charge is 0.366 e. The van der Waals surface area contributed by atoms with Crippen LogP contribution in [0.2, 0.25) is 0 Å². The van der Waals surface area contributed by atoms with Crippen molar-refractivity contribution in [1.29, 1.82) is 0 Å². The van der Waals surface area contributed by atoms with Gasteiger partial charge in [-0.15, -0.1) is 0 Å². The number of alkyl halides is 3. The Labute approximate surface area is 61.9 Å². The van der Waals surface area contributed by atoms with Gasteiger partial charge < -0.3 is 5.73 Å². The van der Waals surface area contributed by atoms with Gasteiger partial charge in [-0.25, -0.2) is 0 Å². The third kappa shape index (κ3) is 5.44. The zero-order chi connectivity index (χ0) is 9.07. The molecule has 0 unspecified atom stereocenters. The molecular formula is C6H8F3NO. The Morgan fingerprint density at radius 1 is 1.55 bits per heavy atom. The van der Waals surface area contributed by atoms with Crippen molar-refractivity contribution >= 4 is 5.91 Å². The maximum Gasteiger partial charge on any atom is 0.392 e. The maximum atomic E-state index is 11.5. The Hall–Kier alpha value is -1.00. The molecule has 0 aliphatic carbocycles. The van der Waals surface area contributed by atoms with E-state index in [9.17, 15) is 18.0 Å². The van der Waals surface area contributed by atoms with E-state index in [2.05, 4.69) is 0 Å². The van der Waals surface area contributed by atoms with Crippen LogP contribution in [-0.2, 0) is 4.79 Å². The zero-order valence-corrected chi connectivity index (χ0v) is 5.90. The molecule has 0 saturated heterocycles. The Morgan fingerprint density at radius 2 is 2.00 bits per heavy atom. The van der Waals surface area contributed by atoms with Gasteiger partial charge in [-0.3, -0.25) is 4.79 Å². The molecule has 0 aromatic rings. The van der Waals surface area contributed by atoms with Gasteiger partial charge in [-0.2, -0.15) is 13.2 Å². The van der Waals surface area contributed by atoms with E-state index in [-0.39, 0.29) is 5.57 Å². The van der Waals surface area contributed by atoms with Gasteiger partial charge in [-0.05, 0) is 6.92 Å². The molecule has 11 heavy (non-hydrogen) atoms. The number of halogens is 3. The number of nitrogens with two attached hydrogens (primary N) is 1. The molecule has 0 bridgehead atoms. The number of allylic oxidation sites excluding steroid dienone is 1. The monoisotopic (exact) mass is 167 g/mol. The molecule has 0 spiro atoms. The van der Waals surface area contributed by atoms with Crippen LogP contribution in [-0.4, -0.2) is 12.1 Å². The predicted molar refractivity (Wildman–Crippen MR) is 33.6 cm³/mol. The topological polar surface area (TPSA) is 43.1 Å². The highest BCUT2D eigenvalue weighted by atomic mass is 19.4. The minimum absolute atomic E-state index is 0.0673. The van der Waals surface area contributed by atoms with Crippen LogP contribution in [0, 0.1) is 0 Å². The van der Waals surface area contributed by atoms with Crippen LogP contribution in [0.15, 0.2) is 11.6 Å². The molecule has 1 amide bonds. The molecule has 64 valence electrons. The normalized spacial score (nSPS) is 13.3. The number of amides is 1. The van der Waals surface area contributed by atoms with Crippen LogP contribution in [0.3, 0.4) is 0 Å². The average Bonchev–Trinajstić information content (AvgIpc) is 1.80. The highest BCUT2D eigenvalue weighted by Crippen LogP contribution is 2.20. The first-order valence-electron chi connectivity index (χ1n) is 2.86. The first-order chi connectivity index (χ1) is 4.83. The minimum atomic E-state index is -4.27. The van der Waals surface area contributed by atoms with Crippen molar-refractivity contribution < 1.29 is 18.0 Å². The van der Waals surface area contributed by atoms with Gasteiger partial charge in [0.15, 0.2) is 0 Å². The van der Waals surface area contributed by atoms with E-state index >= 15 is 0 Å². The summed E-state index contributed by atoms with van der Waals surface area (Å²) in [5.74, 6) is -0.825. The van der Waals surface area contributed by atoms with Crippen molar-refractivity contribution in [1.82, 2.24) is 0 Å². The van der Waals surface area contributed by atoms with Gasteiger partial charge in [0, 0.05) is 5.57 Å². The first-order valence-corrected chi connectivity index (χ1v) is 2.86. The number of hydrogen-bond donors (Lipinski definition) is 1. The lowest BCUT2D eigenvalue weighted by Crippen LogP contribution is -2.13. The summed E-state index contributed by atoms with van der Waals surface area (Å²) >= 11 is 0. The molecule has 0 saturated carbocycles. The molecule has 0 aromatic heterocycles. The van der Waals surface area contributed by atoms with E-state index in [1.54, 1.807) is 0 Å². The van der Waals surface area contributed by atoms with Gasteiger partial charge in [0.05, 0.1) is 6.42 Å². The van der Waals surface area contributed by atoms with Crippen LogP contribution in [0.1, 0.15) is 13.3 Å². The fourth-order valence-corrected chi connectivity index (χ4v) is 0.369. The van der Waals surface area contributed by atoms with Crippen LogP contribution in [0.4, 0.5) is 13.2 Å². The molecule has 0 radical (unpaired) electrons. The lowest BCUT2D eigenvalue weighted by Gasteiger charge is -2.01. The van der Waals surface area contributed by atoms with Crippen molar-refractivity contribution in [2.75, 3.05) is 0 Å². The standard InChI is InChI=1S/C6H8F3NO/c1-4(5(10)11)2-3-6(7,8)9/h2H,3H2,1H3,(H2,10,11)/b4-2+. The third-order valence-electron chi connectivity index (χ3n) is 1.03. The second-order valence-electron chi connectivity index (χ2n) is 2.07. The predicted octanol–water partition coefficient (Wildman–Crippen LogP) is 1.37. The molecule has 0 rings (SSSR count). The number of rotatable bonds is 2. The average molecular weight is 167 g/mol. The quantitative estimate of drug-likeness (QED) is 0.620. The van der Waals surface area contributed by atoms with E-state index in [0.717, 1.165) is 6.08 Å². The molecule has 0 fully saturated rings. The Kier molecular flexibility index (Phi) is 3.10. The fraction of sp³-hybridized carbons (Fsp3) is 0.500. The van der Waals surface area contributed by atoms with Gasteiger partial charge in [-0.1, -0.05) is 6.08 Å². The maximum absolute atomic E-state index is 11.5. The summed E-state index contributed by atoms with van der Waals surface area (Å²) in [7, 11) is 0. The molecule has 2 N–H and O–H groups in total. The number of carbonyl (C=O) groups is 1. The van der Waals surface area contributed by atoms with Crippen LogP contribution < -0.4 is 5.73 Å². The number of carbonyl (C=O) groups excluding carboxylic acids is 1. The summed E-state index contributed by atoms with van der Waals surface area (Å²) in [6.45, 7) is 1.24. The largest absolute Gasteiger partial charge is 0.392 e. The summed E-state index contributed by atoms with van der Waals surface area (Å²) in [5, 5.41) is 0. The van der Waals surface area contributed by atoms with E-state index in [1.165, 1.54) is 6.92 Å². The first kappa shape index (κ1) is 10.0. The van der Waals surface area contributed by atoms with Crippen molar-refractivity contribution in [2.24, 2.45) is 5.73 Å². The fourth-order valence-electron chi connectivity index (χ4n) is 0.369. The van der Waals surface area contributed by atoms with E-state index < -0.39 is 18.5 Å².